The molecule has 0 aliphatic carbocycles. The van der Waals surface area contributed by atoms with E-state index in [-0.39, 0.29) is 5.91 Å². The molecule has 2 aromatic rings. The number of nitrogens with one attached hydrogen (secondary N) is 1. The van der Waals surface area contributed by atoms with Crippen molar-refractivity contribution >= 4 is 5.91 Å². The second-order valence-corrected chi connectivity index (χ2v) is 7.93. The molecule has 0 atom stereocenters. The fourth-order valence-corrected chi connectivity index (χ4v) is 3.75. The topological polar surface area (TPSA) is 50.8 Å². The third kappa shape index (κ3) is 5.51. The molecule has 0 radical (unpaired) electrons. The highest BCUT2D eigenvalue weighted by atomic mass is 16.5. The van der Waals surface area contributed by atoms with Gasteiger partial charge in [0.1, 0.15) is 0 Å². The van der Waals surface area contributed by atoms with Gasteiger partial charge in [-0.3, -0.25) is 9.69 Å². The van der Waals surface area contributed by atoms with E-state index in [4.69, 9.17) is 9.47 Å². The van der Waals surface area contributed by atoms with Crippen molar-refractivity contribution in [3.63, 3.8) is 0 Å². The summed E-state index contributed by atoms with van der Waals surface area (Å²) in [6.07, 6.45) is 1.76. The minimum absolute atomic E-state index is 0.0766. The first-order valence-electron chi connectivity index (χ1n) is 10.3. The zero-order valence-corrected chi connectivity index (χ0v) is 18.0. The molecule has 0 unspecified atom stereocenters. The SMILES string of the molecule is COc1cc2c(cc1OC)CN(CC(=O)NCCc1ccc(C(C)C)cc1)CC2. The number of fused-ring (bicyclic) bond motifs is 1. The summed E-state index contributed by atoms with van der Waals surface area (Å²) in [7, 11) is 3.30. The highest BCUT2D eigenvalue weighted by Gasteiger charge is 2.21. The maximum Gasteiger partial charge on any atom is 0.234 e. The molecule has 0 fully saturated rings. The normalized spacial score (nSPS) is 13.8. The van der Waals surface area contributed by atoms with Crippen molar-refractivity contribution in [3.05, 3.63) is 58.7 Å². The zero-order valence-electron chi connectivity index (χ0n) is 18.0. The molecule has 0 saturated carbocycles. The van der Waals surface area contributed by atoms with E-state index in [0.717, 1.165) is 37.4 Å². The molecule has 2 aromatic carbocycles. The molecule has 5 nitrogen and oxygen atoms in total. The first-order valence-corrected chi connectivity index (χ1v) is 10.3. The van der Waals surface area contributed by atoms with Crippen molar-refractivity contribution in [1.82, 2.24) is 10.2 Å². The molecule has 0 spiro atoms. The second kappa shape index (κ2) is 9.79. The van der Waals surface area contributed by atoms with Gasteiger partial charge in [0, 0.05) is 19.6 Å². The largest absolute Gasteiger partial charge is 0.493 e. The van der Waals surface area contributed by atoms with Crippen molar-refractivity contribution in [2.75, 3.05) is 33.9 Å². The number of hydrogen-bond donors (Lipinski definition) is 1. The minimum Gasteiger partial charge on any atom is -0.493 e. The first-order chi connectivity index (χ1) is 14.0. The van der Waals surface area contributed by atoms with Gasteiger partial charge in [0.15, 0.2) is 11.5 Å². The van der Waals surface area contributed by atoms with Crippen LogP contribution in [0.3, 0.4) is 0 Å². The average Bonchev–Trinajstić information content (AvgIpc) is 2.73. The van der Waals surface area contributed by atoms with Crippen LogP contribution in [0.5, 0.6) is 11.5 Å². The van der Waals surface area contributed by atoms with E-state index in [9.17, 15) is 4.79 Å². The predicted molar refractivity (Wildman–Crippen MR) is 116 cm³/mol. The van der Waals surface area contributed by atoms with Crippen molar-refractivity contribution in [1.29, 1.82) is 0 Å². The van der Waals surface area contributed by atoms with Gasteiger partial charge >= 0.3 is 0 Å². The molecular weight excluding hydrogens is 364 g/mol. The van der Waals surface area contributed by atoms with Gasteiger partial charge in [-0.1, -0.05) is 38.1 Å². The number of carbonyl (C=O) groups is 1. The van der Waals surface area contributed by atoms with Gasteiger partial charge in [-0.2, -0.15) is 0 Å². The van der Waals surface area contributed by atoms with Crippen molar-refractivity contribution in [2.24, 2.45) is 0 Å². The van der Waals surface area contributed by atoms with Gasteiger partial charge in [-0.05, 0) is 53.1 Å². The Kier molecular flexibility index (Phi) is 7.15. The van der Waals surface area contributed by atoms with Crippen LogP contribution in [0.15, 0.2) is 36.4 Å². The minimum atomic E-state index is 0.0766. The van der Waals surface area contributed by atoms with Crippen molar-refractivity contribution < 1.29 is 14.3 Å². The van der Waals surface area contributed by atoms with Crippen LogP contribution >= 0.6 is 0 Å². The number of benzene rings is 2. The third-order valence-corrected chi connectivity index (χ3v) is 5.55. The fourth-order valence-electron chi connectivity index (χ4n) is 3.75. The number of carbonyl (C=O) groups excluding carboxylic acids is 1. The standard InChI is InChI=1S/C24H32N2O3/c1-17(2)19-7-5-18(6-8-19)9-11-25-24(27)16-26-12-10-20-13-22(28-3)23(29-4)14-21(20)15-26/h5-8,13-14,17H,9-12,15-16H2,1-4H3,(H,25,27). The Morgan fingerprint density at radius 3 is 2.34 bits per heavy atom. The van der Waals surface area contributed by atoms with Crippen LogP contribution in [0.2, 0.25) is 0 Å². The molecular formula is C24H32N2O3. The van der Waals surface area contributed by atoms with Crippen LogP contribution < -0.4 is 14.8 Å². The number of ether oxygens (including phenoxy) is 2. The van der Waals surface area contributed by atoms with E-state index in [1.165, 1.54) is 22.3 Å². The Morgan fingerprint density at radius 2 is 1.72 bits per heavy atom. The highest BCUT2D eigenvalue weighted by molar-refractivity contribution is 5.78. The van der Waals surface area contributed by atoms with Crippen molar-refractivity contribution in [2.45, 2.75) is 39.2 Å². The van der Waals surface area contributed by atoms with E-state index in [1.54, 1.807) is 14.2 Å². The second-order valence-electron chi connectivity index (χ2n) is 7.93. The van der Waals surface area contributed by atoms with E-state index in [2.05, 4.69) is 54.4 Å². The molecule has 156 valence electrons. The molecule has 0 saturated heterocycles. The summed E-state index contributed by atoms with van der Waals surface area (Å²) in [6, 6.07) is 12.7. The van der Waals surface area contributed by atoms with Crippen LogP contribution in [-0.2, 0) is 24.2 Å². The van der Waals surface area contributed by atoms with Gasteiger partial charge in [-0.15, -0.1) is 0 Å². The Hall–Kier alpha value is -2.53. The van der Waals surface area contributed by atoms with Crippen LogP contribution in [0, 0.1) is 0 Å². The molecule has 3 rings (SSSR count). The van der Waals surface area contributed by atoms with Gasteiger partial charge < -0.3 is 14.8 Å². The van der Waals surface area contributed by atoms with Gasteiger partial charge in [0.25, 0.3) is 0 Å². The molecule has 1 amide bonds. The van der Waals surface area contributed by atoms with Gasteiger partial charge in [0.2, 0.25) is 5.91 Å². The number of methoxy groups -OCH3 is 2. The molecule has 5 heteroatoms. The molecule has 1 aliphatic rings. The number of hydrogen-bond acceptors (Lipinski definition) is 4. The maximum atomic E-state index is 12.4. The summed E-state index contributed by atoms with van der Waals surface area (Å²) < 4.78 is 10.8. The van der Waals surface area contributed by atoms with Gasteiger partial charge in [0.05, 0.1) is 20.8 Å². The Bertz CT molecular complexity index is 831. The van der Waals surface area contributed by atoms with Crippen molar-refractivity contribution in [3.8, 4) is 11.5 Å². The molecule has 1 N–H and O–H groups in total. The van der Waals surface area contributed by atoms with Gasteiger partial charge in [-0.25, -0.2) is 0 Å². The van der Waals surface area contributed by atoms with Crippen LogP contribution in [0.4, 0.5) is 0 Å². The average molecular weight is 397 g/mol. The monoisotopic (exact) mass is 396 g/mol. The third-order valence-electron chi connectivity index (χ3n) is 5.55. The lowest BCUT2D eigenvalue weighted by atomic mass is 9.99. The van der Waals surface area contributed by atoms with Crippen LogP contribution in [-0.4, -0.2) is 44.7 Å². The highest BCUT2D eigenvalue weighted by Crippen LogP contribution is 2.33. The molecule has 0 bridgehead atoms. The summed E-state index contributed by atoms with van der Waals surface area (Å²) in [5.41, 5.74) is 5.07. The zero-order chi connectivity index (χ0) is 20.8. The van der Waals surface area contributed by atoms with E-state index in [0.29, 0.717) is 19.0 Å². The van der Waals surface area contributed by atoms with E-state index in [1.807, 2.05) is 6.07 Å². The predicted octanol–water partition coefficient (Wildman–Crippen LogP) is 3.54. The Labute approximate surface area is 174 Å². The molecule has 1 heterocycles. The summed E-state index contributed by atoms with van der Waals surface area (Å²) in [6.45, 7) is 7.09. The number of rotatable bonds is 8. The molecule has 1 aliphatic heterocycles. The summed E-state index contributed by atoms with van der Waals surface area (Å²) >= 11 is 0. The number of nitrogens with zero attached hydrogens (tertiary/aromatic N) is 1. The Balaban J connectivity index is 1.48. The lowest BCUT2D eigenvalue weighted by molar-refractivity contribution is -0.122. The fraction of sp³-hybridized carbons (Fsp3) is 0.458. The summed E-state index contributed by atoms with van der Waals surface area (Å²) in [5, 5.41) is 3.06. The maximum absolute atomic E-state index is 12.4. The summed E-state index contributed by atoms with van der Waals surface area (Å²) in [4.78, 5) is 14.6. The van der Waals surface area contributed by atoms with Crippen LogP contribution in [0.1, 0.15) is 42.0 Å². The smallest absolute Gasteiger partial charge is 0.234 e. The molecule has 29 heavy (non-hydrogen) atoms. The quantitative estimate of drug-likeness (QED) is 0.742. The first kappa shape index (κ1) is 21.2. The summed E-state index contributed by atoms with van der Waals surface area (Å²) in [5.74, 6) is 2.12. The Morgan fingerprint density at radius 1 is 1.07 bits per heavy atom. The lowest BCUT2D eigenvalue weighted by Gasteiger charge is -2.29. The number of amides is 1. The van der Waals surface area contributed by atoms with E-state index >= 15 is 0 Å². The van der Waals surface area contributed by atoms with E-state index < -0.39 is 0 Å². The van der Waals surface area contributed by atoms with Crippen LogP contribution in [0.25, 0.3) is 0 Å². The lowest BCUT2D eigenvalue weighted by Crippen LogP contribution is -2.40. The molecule has 0 aromatic heterocycles.